The lowest BCUT2D eigenvalue weighted by atomic mass is 9.96. The number of anilines is 1. The van der Waals surface area contributed by atoms with Crippen LogP contribution in [-0.4, -0.2) is 18.9 Å². The SMILES string of the molecule is O=CNc1ccccc1C1CNC(=O)C1. The largest absolute Gasteiger partial charge is 0.355 e. The van der Waals surface area contributed by atoms with Crippen molar-refractivity contribution in [3.63, 3.8) is 0 Å². The lowest BCUT2D eigenvalue weighted by Crippen LogP contribution is -2.13. The Labute approximate surface area is 87.7 Å². The Balaban J connectivity index is 2.26. The molecule has 1 atom stereocenters. The molecular formula is C11H12N2O2. The van der Waals surface area contributed by atoms with Crippen LogP contribution in [0.5, 0.6) is 0 Å². The summed E-state index contributed by atoms with van der Waals surface area (Å²) in [5, 5.41) is 5.43. The van der Waals surface area contributed by atoms with Crippen molar-refractivity contribution in [2.24, 2.45) is 0 Å². The zero-order chi connectivity index (χ0) is 10.7. The van der Waals surface area contributed by atoms with Crippen molar-refractivity contribution in [3.8, 4) is 0 Å². The summed E-state index contributed by atoms with van der Waals surface area (Å²) >= 11 is 0. The third kappa shape index (κ3) is 1.98. The van der Waals surface area contributed by atoms with Crippen molar-refractivity contribution in [2.75, 3.05) is 11.9 Å². The standard InChI is InChI=1S/C11H12N2O2/c14-7-13-10-4-2-1-3-9(10)8-5-11(15)12-6-8/h1-4,7-8H,5-6H2,(H,12,15)(H,13,14). The van der Waals surface area contributed by atoms with E-state index in [1.165, 1.54) is 0 Å². The Morgan fingerprint density at radius 3 is 2.87 bits per heavy atom. The molecule has 0 radical (unpaired) electrons. The predicted octanol–water partition coefficient (Wildman–Crippen LogP) is 0.858. The molecule has 0 aliphatic carbocycles. The van der Waals surface area contributed by atoms with Gasteiger partial charge in [0.1, 0.15) is 0 Å². The molecule has 1 heterocycles. The van der Waals surface area contributed by atoms with Crippen LogP contribution in [0.4, 0.5) is 5.69 Å². The first-order chi connectivity index (χ1) is 7.31. The number of amides is 2. The molecule has 78 valence electrons. The summed E-state index contributed by atoms with van der Waals surface area (Å²) in [5.74, 6) is 0.238. The van der Waals surface area contributed by atoms with Crippen molar-refractivity contribution in [1.29, 1.82) is 0 Å². The molecule has 1 aliphatic heterocycles. The average molecular weight is 204 g/mol. The van der Waals surface area contributed by atoms with Crippen molar-refractivity contribution in [1.82, 2.24) is 5.32 Å². The van der Waals surface area contributed by atoms with E-state index in [4.69, 9.17) is 0 Å². The molecule has 1 aliphatic rings. The highest BCUT2D eigenvalue weighted by Gasteiger charge is 2.24. The second kappa shape index (κ2) is 4.13. The predicted molar refractivity (Wildman–Crippen MR) is 56.5 cm³/mol. The highest BCUT2D eigenvalue weighted by Crippen LogP contribution is 2.28. The Morgan fingerprint density at radius 2 is 2.20 bits per heavy atom. The number of rotatable bonds is 3. The molecule has 15 heavy (non-hydrogen) atoms. The molecule has 1 unspecified atom stereocenters. The fraction of sp³-hybridized carbons (Fsp3) is 0.273. The molecule has 0 spiro atoms. The molecule has 2 amide bonds. The second-order valence-electron chi connectivity index (χ2n) is 3.55. The molecule has 4 heteroatoms. The molecule has 2 rings (SSSR count). The second-order valence-corrected chi connectivity index (χ2v) is 3.55. The summed E-state index contributed by atoms with van der Waals surface area (Å²) in [7, 11) is 0. The van der Waals surface area contributed by atoms with Crippen molar-refractivity contribution >= 4 is 18.0 Å². The highest BCUT2D eigenvalue weighted by atomic mass is 16.2. The number of hydrogen-bond acceptors (Lipinski definition) is 2. The first-order valence-corrected chi connectivity index (χ1v) is 4.87. The molecular weight excluding hydrogens is 192 g/mol. The Kier molecular flexibility index (Phi) is 2.67. The minimum absolute atomic E-state index is 0.0703. The maximum atomic E-state index is 11.1. The van der Waals surface area contributed by atoms with E-state index >= 15 is 0 Å². The summed E-state index contributed by atoms with van der Waals surface area (Å²) in [4.78, 5) is 21.5. The molecule has 1 aromatic rings. The van der Waals surface area contributed by atoms with E-state index in [9.17, 15) is 9.59 Å². The van der Waals surface area contributed by atoms with Crippen molar-refractivity contribution in [2.45, 2.75) is 12.3 Å². The van der Waals surface area contributed by atoms with Crippen LogP contribution >= 0.6 is 0 Å². The van der Waals surface area contributed by atoms with Crippen molar-refractivity contribution < 1.29 is 9.59 Å². The van der Waals surface area contributed by atoms with Gasteiger partial charge in [-0.2, -0.15) is 0 Å². The molecule has 0 bridgehead atoms. The van der Waals surface area contributed by atoms with Crippen LogP contribution in [0.3, 0.4) is 0 Å². The van der Waals surface area contributed by atoms with E-state index in [1.807, 2.05) is 24.3 Å². The zero-order valence-corrected chi connectivity index (χ0v) is 8.19. The lowest BCUT2D eigenvalue weighted by Gasteiger charge is -2.12. The summed E-state index contributed by atoms with van der Waals surface area (Å²) in [6, 6.07) is 7.55. The van der Waals surface area contributed by atoms with Crippen molar-refractivity contribution in [3.05, 3.63) is 29.8 Å². The maximum Gasteiger partial charge on any atom is 0.220 e. The number of para-hydroxylation sites is 1. The first kappa shape index (κ1) is 9.71. The molecule has 0 aromatic heterocycles. The average Bonchev–Trinajstić information content (AvgIpc) is 2.66. The highest BCUT2D eigenvalue weighted by molar-refractivity contribution is 5.81. The summed E-state index contributed by atoms with van der Waals surface area (Å²) in [6.07, 6.45) is 1.15. The van der Waals surface area contributed by atoms with Gasteiger partial charge in [-0.15, -0.1) is 0 Å². The summed E-state index contributed by atoms with van der Waals surface area (Å²) in [5.41, 5.74) is 1.80. The third-order valence-corrected chi connectivity index (χ3v) is 2.59. The molecule has 2 N–H and O–H groups in total. The number of carbonyl (C=O) groups excluding carboxylic acids is 2. The van der Waals surface area contributed by atoms with Gasteiger partial charge in [0.15, 0.2) is 0 Å². The Hall–Kier alpha value is -1.84. The van der Waals surface area contributed by atoms with Gasteiger partial charge in [-0.3, -0.25) is 9.59 Å². The van der Waals surface area contributed by atoms with E-state index in [2.05, 4.69) is 10.6 Å². The molecule has 0 saturated carbocycles. The summed E-state index contributed by atoms with van der Waals surface area (Å²) < 4.78 is 0. The van der Waals surface area contributed by atoms with Crippen LogP contribution in [0.1, 0.15) is 17.9 Å². The first-order valence-electron chi connectivity index (χ1n) is 4.87. The number of nitrogens with one attached hydrogen (secondary N) is 2. The van der Waals surface area contributed by atoms with Gasteiger partial charge in [0.25, 0.3) is 0 Å². The van der Waals surface area contributed by atoms with Crippen LogP contribution < -0.4 is 10.6 Å². The number of hydrogen-bond donors (Lipinski definition) is 2. The van der Waals surface area contributed by atoms with Gasteiger partial charge in [-0.05, 0) is 11.6 Å². The topological polar surface area (TPSA) is 58.2 Å². The monoisotopic (exact) mass is 204 g/mol. The Morgan fingerprint density at radius 1 is 1.40 bits per heavy atom. The van der Waals surface area contributed by atoms with Gasteiger partial charge < -0.3 is 10.6 Å². The van der Waals surface area contributed by atoms with Gasteiger partial charge >= 0.3 is 0 Å². The quantitative estimate of drug-likeness (QED) is 0.717. The van der Waals surface area contributed by atoms with Gasteiger partial charge in [0, 0.05) is 24.6 Å². The molecule has 1 saturated heterocycles. The fourth-order valence-corrected chi connectivity index (χ4v) is 1.87. The van der Waals surface area contributed by atoms with Gasteiger partial charge in [-0.25, -0.2) is 0 Å². The Bertz CT molecular complexity index is 390. The lowest BCUT2D eigenvalue weighted by molar-refractivity contribution is -0.119. The normalized spacial score (nSPS) is 19.7. The van der Waals surface area contributed by atoms with E-state index < -0.39 is 0 Å². The van der Waals surface area contributed by atoms with E-state index in [1.54, 1.807) is 0 Å². The maximum absolute atomic E-state index is 11.1. The third-order valence-electron chi connectivity index (χ3n) is 2.59. The van der Waals surface area contributed by atoms with Crippen LogP contribution in [0, 0.1) is 0 Å². The fourth-order valence-electron chi connectivity index (χ4n) is 1.87. The van der Waals surface area contributed by atoms with Crippen LogP contribution in [0.2, 0.25) is 0 Å². The zero-order valence-electron chi connectivity index (χ0n) is 8.19. The molecule has 1 fully saturated rings. The van der Waals surface area contributed by atoms with Gasteiger partial charge in [0.2, 0.25) is 12.3 Å². The molecule has 1 aromatic carbocycles. The number of benzene rings is 1. The van der Waals surface area contributed by atoms with Gasteiger partial charge in [0.05, 0.1) is 0 Å². The molecule has 4 nitrogen and oxygen atoms in total. The minimum atomic E-state index is 0.0703. The number of carbonyl (C=O) groups is 2. The van der Waals surface area contributed by atoms with Gasteiger partial charge in [-0.1, -0.05) is 18.2 Å². The van der Waals surface area contributed by atoms with E-state index in [-0.39, 0.29) is 11.8 Å². The van der Waals surface area contributed by atoms with Crippen LogP contribution in [0.15, 0.2) is 24.3 Å². The van der Waals surface area contributed by atoms with E-state index in [0.717, 1.165) is 11.3 Å². The van der Waals surface area contributed by atoms with Crippen LogP contribution in [0.25, 0.3) is 0 Å². The van der Waals surface area contributed by atoms with E-state index in [0.29, 0.717) is 19.4 Å². The van der Waals surface area contributed by atoms with Crippen LogP contribution in [-0.2, 0) is 9.59 Å². The smallest absolute Gasteiger partial charge is 0.220 e. The minimum Gasteiger partial charge on any atom is -0.355 e. The summed E-state index contributed by atoms with van der Waals surface area (Å²) in [6.45, 7) is 0.649.